The van der Waals surface area contributed by atoms with Crippen LogP contribution in [0.1, 0.15) is 5.56 Å². The second-order valence-corrected chi connectivity index (χ2v) is 3.82. The van der Waals surface area contributed by atoms with Gasteiger partial charge in [0.25, 0.3) is 0 Å². The summed E-state index contributed by atoms with van der Waals surface area (Å²) >= 11 is 11.6. The predicted molar refractivity (Wildman–Crippen MR) is 60.3 cm³/mol. The summed E-state index contributed by atoms with van der Waals surface area (Å²) in [5.74, 6) is -0.380. The third-order valence-corrected chi connectivity index (χ3v) is 2.60. The first kappa shape index (κ1) is 12.3. The van der Waals surface area contributed by atoms with Gasteiger partial charge in [0.1, 0.15) is 6.61 Å². The van der Waals surface area contributed by atoms with Gasteiger partial charge in [-0.25, -0.2) is 0 Å². The van der Waals surface area contributed by atoms with Crippen LogP contribution in [0.5, 0.6) is 0 Å². The summed E-state index contributed by atoms with van der Waals surface area (Å²) in [4.78, 5) is 10.7. The molecule has 0 fully saturated rings. The average Bonchev–Trinajstić information content (AvgIpc) is 2.23. The SMILES string of the molecule is O=C(CO)NCCc1ccc(Cl)c(Cl)c1. The first-order valence-electron chi connectivity index (χ1n) is 4.45. The molecule has 5 heteroatoms. The molecule has 1 amide bonds. The Hall–Kier alpha value is -0.770. The zero-order valence-electron chi connectivity index (χ0n) is 7.96. The van der Waals surface area contributed by atoms with Gasteiger partial charge in [0.15, 0.2) is 0 Å². The van der Waals surface area contributed by atoms with Crippen molar-refractivity contribution >= 4 is 29.1 Å². The number of benzene rings is 1. The van der Waals surface area contributed by atoms with Crippen LogP contribution < -0.4 is 5.32 Å². The van der Waals surface area contributed by atoms with Crippen molar-refractivity contribution in [3.8, 4) is 0 Å². The molecule has 0 heterocycles. The first-order chi connectivity index (χ1) is 7.13. The third-order valence-electron chi connectivity index (χ3n) is 1.86. The number of halogens is 2. The molecule has 0 radical (unpaired) electrons. The number of amides is 1. The smallest absolute Gasteiger partial charge is 0.245 e. The van der Waals surface area contributed by atoms with Crippen molar-refractivity contribution in [3.63, 3.8) is 0 Å². The monoisotopic (exact) mass is 247 g/mol. The maximum atomic E-state index is 10.7. The molecule has 0 aromatic heterocycles. The van der Waals surface area contributed by atoms with E-state index in [-0.39, 0.29) is 5.91 Å². The Kier molecular flexibility index (Phi) is 4.88. The lowest BCUT2D eigenvalue weighted by Gasteiger charge is -2.04. The zero-order chi connectivity index (χ0) is 11.3. The molecule has 2 N–H and O–H groups in total. The van der Waals surface area contributed by atoms with Gasteiger partial charge >= 0.3 is 0 Å². The number of aliphatic hydroxyl groups excluding tert-OH is 1. The van der Waals surface area contributed by atoms with Gasteiger partial charge in [-0.3, -0.25) is 4.79 Å². The van der Waals surface area contributed by atoms with Crippen molar-refractivity contribution in [2.24, 2.45) is 0 Å². The van der Waals surface area contributed by atoms with Gasteiger partial charge in [-0.1, -0.05) is 29.3 Å². The molecule has 0 saturated carbocycles. The van der Waals surface area contributed by atoms with E-state index in [2.05, 4.69) is 5.32 Å². The van der Waals surface area contributed by atoms with Crippen molar-refractivity contribution in [3.05, 3.63) is 33.8 Å². The van der Waals surface area contributed by atoms with E-state index >= 15 is 0 Å². The molecule has 0 bridgehead atoms. The van der Waals surface area contributed by atoms with Gasteiger partial charge in [-0.15, -0.1) is 0 Å². The summed E-state index contributed by atoms with van der Waals surface area (Å²) in [6.45, 7) is -0.0152. The van der Waals surface area contributed by atoms with E-state index in [9.17, 15) is 4.79 Å². The standard InChI is InChI=1S/C10H11Cl2NO2/c11-8-2-1-7(5-9(8)12)3-4-13-10(15)6-14/h1-2,5,14H,3-4,6H2,(H,13,15). The number of carbonyl (C=O) groups excluding carboxylic acids is 1. The van der Waals surface area contributed by atoms with Crippen LogP contribution in [0.4, 0.5) is 0 Å². The highest BCUT2D eigenvalue weighted by atomic mass is 35.5. The number of rotatable bonds is 4. The summed E-state index contributed by atoms with van der Waals surface area (Å²) in [7, 11) is 0. The highest BCUT2D eigenvalue weighted by Gasteiger charge is 2.01. The topological polar surface area (TPSA) is 49.3 Å². The van der Waals surface area contributed by atoms with Gasteiger partial charge in [-0.2, -0.15) is 0 Å². The van der Waals surface area contributed by atoms with Gasteiger partial charge in [0.2, 0.25) is 5.91 Å². The van der Waals surface area contributed by atoms with Crippen LogP contribution in [0.3, 0.4) is 0 Å². The molecule has 0 spiro atoms. The Morgan fingerprint density at radius 3 is 2.67 bits per heavy atom. The van der Waals surface area contributed by atoms with E-state index in [1.54, 1.807) is 12.1 Å². The van der Waals surface area contributed by atoms with Crippen molar-refractivity contribution in [2.45, 2.75) is 6.42 Å². The normalized spacial score (nSPS) is 10.1. The lowest BCUT2D eigenvalue weighted by atomic mass is 10.1. The quantitative estimate of drug-likeness (QED) is 0.851. The summed E-state index contributed by atoms with van der Waals surface area (Å²) in [5.41, 5.74) is 0.989. The second kappa shape index (κ2) is 5.95. The predicted octanol–water partition coefficient (Wildman–Crippen LogP) is 1.64. The van der Waals surface area contributed by atoms with Crippen molar-refractivity contribution in [1.29, 1.82) is 0 Å². The van der Waals surface area contributed by atoms with Crippen molar-refractivity contribution in [1.82, 2.24) is 5.32 Å². The van der Waals surface area contributed by atoms with Gasteiger partial charge < -0.3 is 10.4 Å². The molecule has 1 aromatic rings. The van der Waals surface area contributed by atoms with E-state index in [1.807, 2.05) is 6.07 Å². The molecule has 0 saturated heterocycles. The molecule has 15 heavy (non-hydrogen) atoms. The molecule has 0 unspecified atom stereocenters. The van der Waals surface area contributed by atoms with Gasteiger partial charge in [0.05, 0.1) is 10.0 Å². The van der Waals surface area contributed by atoms with Gasteiger partial charge in [-0.05, 0) is 24.1 Å². The van der Waals surface area contributed by atoms with Gasteiger partial charge in [0, 0.05) is 6.54 Å². The van der Waals surface area contributed by atoms with Crippen LogP contribution in [0, 0.1) is 0 Å². The average molecular weight is 248 g/mol. The van der Waals surface area contributed by atoms with Crippen molar-refractivity contribution < 1.29 is 9.90 Å². The Labute approximate surface area is 98.0 Å². The fourth-order valence-corrected chi connectivity index (χ4v) is 1.42. The van der Waals surface area contributed by atoms with E-state index in [0.29, 0.717) is 23.0 Å². The molecule has 82 valence electrons. The van der Waals surface area contributed by atoms with E-state index in [4.69, 9.17) is 28.3 Å². The molecule has 3 nitrogen and oxygen atoms in total. The van der Waals surface area contributed by atoms with Crippen LogP contribution in [0.2, 0.25) is 10.0 Å². The van der Waals surface area contributed by atoms with E-state index in [1.165, 1.54) is 0 Å². The summed E-state index contributed by atoms with van der Waals surface area (Å²) in [6.07, 6.45) is 0.655. The Bertz CT molecular complexity index is 355. The van der Waals surface area contributed by atoms with E-state index in [0.717, 1.165) is 5.56 Å². The lowest BCUT2D eigenvalue weighted by Crippen LogP contribution is -2.28. The molecule has 0 aliphatic rings. The largest absolute Gasteiger partial charge is 0.387 e. The molecular weight excluding hydrogens is 237 g/mol. The molecule has 1 aromatic carbocycles. The van der Waals surface area contributed by atoms with Crippen molar-refractivity contribution in [2.75, 3.05) is 13.2 Å². The second-order valence-electron chi connectivity index (χ2n) is 3.01. The highest BCUT2D eigenvalue weighted by molar-refractivity contribution is 6.42. The Balaban J connectivity index is 2.44. The minimum atomic E-state index is -0.485. The van der Waals surface area contributed by atoms with Crippen LogP contribution in [-0.4, -0.2) is 24.2 Å². The molecule has 1 rings (SSSR count). The summed E-state index contributed by atoms with van der Waals surface area (Å²) in [5, 5.41) is 12.0. The molecule has 0 aliphatic heterocycles. The highest BCUT2D eigenvalue weighted by Crippen LogP contribution is 2.22. The maximum absolute atomic E-state index is 10.7. The zero-order valence-corrected chi connectivity index (χ0v) is 9.48. The van der Waals surface area contributed by atoms with Crippen LogP contribution in [0.15, 0.2) is 18.2 Å². The minimum Gasteiger partial charge on any atom is -0.387 e. The molecular formula is C10H11Cl2NO2. The van der Waals surface area contributed by atoms with E-state index < -0.39 is 6.61 Å². The number of aliphatic hydroxyl groups is 1. The molecule has 0 aliphatic carbocycles. The number of hydrogen-bond donors (Lipinski definition) is 2. The third kappa shape index (κ3) is 4.08. The summed E-state index contributed by atoms with van der Waals surface area (Å²) in [6, 6.07) is 5.32. The van der Waals surface area contributed by atoms with Crippen LogP contribution in [0.25, 0.3) is 0 Å². The minimum absolute atomic E-state index is 0.380. The number of carbonyl (C=O) groups is 1. The maximum Gasteiger partial charge on any atom is 0.245 e. The fourth-order valence-electron chi connectivity index (χ4n) is 1.10. The number of nitrogens with one attached hydrogen (secondary N) is 1. The Morgan fingerprint density at radius 2 is 2.07 bits per heavy atom. The molecule has 0 atom stereocenters. The lowest BCUT2D eigenvalue weighted by molar-refractivity contribution is -0.123. The Morgan fingerprint density at radius 1 is 1.33 bits per heavy atom. The summed E-state index contributed by atoms with van der Waals surface area (Å²) < 4.78 is 0. The van der Waals surface area contributed by atoms with Crippen LogP contribution in [-0.2, 0) is 11.2 Å². The van der Waals surface area contributed by atoms with Crippen LogP contribution >= 0.6 is 23.2 Å². The fraction of sp³-hybridized carbons (Fsp3) is 0.300. The first-order valence-corrected chi connectivity index (χ1v) is 5.20. The number of hydrogen-bond acceptors (Lipinski definition) is 2.